The largest absolute Gasteiger partial charge is 0.326 e. The normalized spacial score (nSPS) is 16.5. The van der Waals surface area contributed by atoms with E-state index < -0.39 is 0 Å². The fraction of sp³-hybridized carbons (Fsp3) is 0.294. The maximum absolute atomic E-state index is 13.1. The molecule has 7 nitrogen and oxygen atoms in total. The second-order valence-electron chi connectivity index (χ2n) is 5.97. The summed E-state index contributed by atoms with van der Waals surface area (Å²) in [6.07, 6.45) is 1.66. The molecule has 1 unspecified atom stereocenters. The number of hydrogen-bond acceptors (Lipinski definition) is 5. The highest BCUT2D eigenvalue weighted by atomic mass is 35.5. The number of carbonyl (C=O) groups is 1. The Kier molecular flexibility index (Phi) is 7.00. The van der Waals surface area contributed by atoms with E-state index in [1.54, 1.807) is 15.6 Å². The van der Waals surface area contributed by atoms with E-state index in [-0.39, 0.29) is 42.6 Å². The number of halogens is 3. The molecule has 0 aliphatic carbocycles. The highest BCUT2D eigenvalue weighted by Crippen LogP contribution is 2.29. The van der Waals surface area contributed by atoms with E-state index in [1.807, 2.05) is 37.3 Å². The maximum Gasteiger partial charge on any atom is 0.294 e. The SMILES string of the molecule is Cc1ccnc2nc(C(=O)N3CCNCC3c3ccccc3Cl)nn12.Cl.Cl. The van der Waals surface area contributed by atoms with Crippen molar-refractivity contribution in [3.05, 3.63) is 58.6 Å². The van der Waals surface area contributed by atoms with Gasteiger partial charge in [0.05, 0.1) is 6.04 Å². The third kappa shape index (κ3) is 4.01. The fourth-order valence-electron chi connectivity index (χ4n) is 3.10. The number of rotatable bonds is 2. The number of aromatic nitrogens is 4. The third-order valence-electron chi connectivity index (χ3n) is 4.39. The quantitative estimate of drug-likeness (QED) is 0.678. The van der Waals surface area contributed by atoms with Gasteiger partial charge in [0.1, 0.15) is 0 Å². The molecule has 144 valence electrons. The Balaban J connectivity index is 0.00000131. The van der Waals surface area contributed by atoms with E-state index in [0.717, 1.165) is 17.8 Å². The number of amides is 1. The number of hydrogen-bond donors (Lipinski definition) is 1. The number of fused-ring (bicyclic) bond motifs is 1. The number of piperazine rings is 1. The molecule has 2 aromatic heterocycles. The first kappa shape index (κ1) is 21.4. The van der Waals surface area contributed by atoms with Crippen molar-refractivity contribution in [1.29, 1.82) is 0 Å². The summed E-state index contributed by atoms with van der Waals surface area (Å²) in [5, 5.41) is 8.31. The molecule has 1 aliphatic rings. The molecule has 0 spiro atoms. The molecule has 10 heteroatoms. The Morgan fingerprint density at radius 3 is 2.78 bits per heavy atom. The lowest BCUT2D eigenvalue weighted by molar-refractivity contribution is 0.0622. The van der Waals surface area contributed by atoms with Crippen molar-refractivity contribution in [2.24, 2.45) is 0 Å². The number of nitrogens with one attached hydrogen (secondary N) is 1. The fourth-order valence-corrected chi connectivity index (χ4v) is 3.36. The lowest BCUT2D eigenvalue weighted by Gasteiger charge is -2.36. The van der Waals surface area contributed by atoms with Crippen molar-refractivity contribution in [2.45, 2.75) is 13.0 Å². The first-order valence-corrected chi connectivity index (χ1v) is 8.47. The van der Waals surface area contributed by atoms with Gasteiger partial charge in [-0.25, -0.2) is 9.50 Å². The van der Waals surface area contributed by atoms with E-state index in [4.69, 9.17) is 11.6 Å². The predicted octanol–water partition coefficient (Wildman–Crippen LogP) is 2.72. The van der Waals surface area contributed by atoms with Gasteiger partial charge in [0.2, 0.25) is 5.82 Å². The molecule has 4 rings (SSSR count). The Morgan fingerprint density at radius 2 is 2.04 bits per heavy atom. The van der Waals surface area contributed by atoms with Crippen molar-refractivity contribution in [1.82, 2.24) is 29.8 Å². The second kappa shape index (κ2) is 8.84. The van der Waals surface area contributed by atoms with Gasteiger partial charge in [-0.05, 0) is 24.6 Å². The van der Waals surface area contributed by atoms with E-state index >= 15 is 0 Å². The summed E-state index contributed by atoms with van der Waals surface area (Å²) in [7, 11) is 0. The molecule has 3 heterocycles. The van der Waals surface area contributed by atoms with Gasteiger partial charge in [0.25, 0.3) is 11.7 Å². The van der Waals surface area contributed by atoms with Crippen molar-refractivity contribution in [2.75, 3.05) is 19.6 Å². The van der Waals surface area contributed by atoms with Crippen LogP contribution in [0.5, 0.6) is 0 Å². The van der Waals surface area contributed by atoms with E-state index in [1.165, 1.54) is 0 Å². The topological polar surface area (TPSA) is 75.4 Å². The number of benzene rings is 1. The van der Waals surface area contributed by atoms with Crippen LogP contribution in [0, 0.1) is 6.92 Å². The lowest BCUT2D eigenvalue weighted by Crippen LogP contribution is -2.49. The molecule has 0 radical (unpaired) electrons. The van der Waals surface area contributed by atoms with Gasteiger partial charge in [-0.15, -0.1) is 29.9 Å². The van der Waals surface area contributed by atoms with Gasteiger partial charge in [0.15, 0.2) is 0 Å². The van der Waals surface area contributed by atoms with Gasteiger partial charge in [0, 0.05) is 36.5 Å². The van der Waals surface area contributed by atoms with Gasteiger partial charge in [-0.3, -0.25) is 4.79 Å². The van der Waals surface area contributed by atoms with Gasteiger partial charge in [-0.2, -0.15) is 4.98 Å². The minimum Gasteiger partial charge on any atom is -0.326 e. The van der Waals surface area contributed by atoms with Crippen LogP contribution in [0.3, 0.4) is 0 Å². The number of nitrogens with zero attached hydrogens (tertiary/aromatic N) is 5. The van der Waals surface area contributed by atoms with Crippen molar-refractivity contribution >= 4 is 48.1 Å². The van der Waals surface area contributed by atoms with Crippen LogP contribution in [0.15, 0.2) is 36.5 Å². The highest BCUT2D eigenvalue weighted by Gasteiger charge is 2.32. The van der Waals surface area contributed by atoms with Gasteiger partial charge >= 0.3 is 0 Å². The first-order valence-electron chi connectivity index (χ1n) is 8.09. The molecule has 1 N–H and O–H groups in total. The number of aryl methyl sites for hydroxylation is 1. The van der Waals surface area contributed by atoms with Crippen LogP contribution < -0.4 is 5.32 Å². The summed E-state index contributed by atoms with van der Waals surface area (Å²) in [6, 6.07) is 9.26. The minimum absolute atomic E-state index is 0. The zero-order chi connectivity index (χ0) is 17.4. The van der Waals surface area contributed by atoms with Crippen molar-refractivity contribution in [3.8, 4) is 0 Å². The maximum atomic E-state index is 13.1. The molecule has 1 fully saturated rings. The minimum atomic E-state index is -0.212. The van der Waals surface area contributed by atoms with E-state index in [0.29, 0.717) is 23.9 Å². The second-order valence-corrected chi connectivity index (χ2v) is 6.38. The molecule has 3 aromatic rings. The molecule has 0 bridgehead atoms. The smallest absolute Gasteiger partial charge is 0.294 e. The Hall–Kier alpha value is -1.93. The zero-order valence-corrected chi connectivity index (χ0v) is 16.9. The zero-order valence-electron chi connectivity index (χ0n) is 14.5. The first-order chi connectivity index (χ1) is 12.1. The third-order valence-corrected chi connectivity index (χ3v) is 4.73. The summed E-state index contributed by atoms with van der Waals surface area (Å²) >= 11 is 6.35. The Morgan fingerprint density at radius 1 is 1.26 bits per heavy atom. The Bertz CT molecular complexity index is 947. The predicted molar refractivity (Wildman–Crippen MR) is 108 cm³/mol. The molecule has 1 atom stereocenters. The summed E-state index contributed by atoms with van der Waals surface area (Å²) < 4.78 is 1.58. The average Bonchev–Trinajstić information content (AvgIpc) is 3.07. The van der Waals surface area contributed by atoms with Crippen LogP contribution in [0.1, 0.15) is 27.9 Å². The summed E-state index contributed by atoms with van der Waals surface area (Å²) in [5.41, 5.74) is 1.79. The summed E-state index contributed by atoms with van der Waals surface area (Å²) in [6.45, 7) is 3.82. The summed E-state index contributed by atoms with van der Waals surface area (Å²) in [5.74, 6) is 0.366. The van der Waals surface area contributed by atoms with Gasteiger partial charge in [-0.1, -0.05) is 29.8 Å². The van der Waals surface area contributed by atoms with Crippen LogP contribution in [-0.2, 0) is 0 Å². The van der Waals surface area contributed by atoms with Crippen LogP contribution in [-0.4, -0.2) is 50.0 Å². The van der Waals surface area contributed by atoms with E-state index in [2.05, 4.69) is 20.4 Å². The lowest BCUT2D eigenvalue weighted by atomic mass is 10.0. The van der Waals surface area contributed by atoms with Crippen LogP contribution >= 0.6 is 36.4 Å². The molecular weight excluding hydrogens is 411 g/mol. The van der Waals surface area contributed by atoms with Crippen molar-refractivity contribution < 1.29 is 4.79 Å². The van der Waals surface area contributed by atoms with Crippen LogP contribution in [0.2, 0.25) is 5.02 Å². The molecule has 1 saturated heterocycles. The molecule has 1 amide bonds. The molecule has 0 saturated carbocycles. The molecule has 1 aromatic carbocycles. The molecule has 1 aliphatic heterocycles. The molecule has 27 heavy (non-hydrogen) atoms. The standard InChI is InChI=1S/C17H17ClN6O.2ClH/c1-11-6-7-20-17-21-15(22-24(11)17)16(25)23-9-8-19-10-14(23)12-4-2-3-5-13(12)18;;/h2-7,14,19H,8-10H2,1H3;2*1H. The highest BCUT2D eigenvalue weighted by molar-refractivity contribution is 6.31. The van der Waals surface area contributed by atoms with Crippen molar-refractivity contribution in [3.63, 3.8) is 0 Å². The monoisotopic (exact) mass is 428 g/mol. The molecular formula is C17H19Cl3N6O. The Labute approximate surface area is 173 Å². The average molecular weight is 430 g/mol. The van der Waals surface area contributed by atoms with E-state index in [9.17, 15) is 4.79 Å². The number of carbonyl (C=O) groups excluding carboxylic acids is 1. The van der Waals surface area contributed by atoms with Crippen LogP contribution in [0.25, 0.3) is 5.78 Å². The van der Waals surface area contributed by atoms with Crippen LogP contribution in [0.4, 0.5) is 0 Å². The van der Waals surface area contributed by atoms with Gasteiger partial charge < -0.3 is 10.2 Å². The summed E-state index contributed by atoms with van der Waals surface area (Å²) in [4.78, 5) is 23.3.